The van der Waals surface area contributed by atoms with Crippen LogP contribution in [0.25, 0.3) is 0 Å². The van der Waals surface area contributed by atoms with Crippen molar-refractivity contribution < 1.29 is 8.83 Å². The molecule has 0 spiro atoms. The monoisotopic (exact) mass is 283 g/mol. The zero-order chi connectivity index (χ0) is 11.4. The fraction of sp³-hybridized carbons (Fsp3) is 0.333. The Bertz CT molecular complexity index is 422. The first-order valence-electron chi connectivity index (χ1n) is 5.30. The van der Waals surface area contributed by atoms with Crippen LogP contribution in [0.3, 0.4) is 0 Å². The smallest absolute Gasteiger partial charge is 0.169 e. The standard InChI is InChI=1S/C12H14BrNO2/c1-2-14-10(8-9-4-3-7-15-9)11-5-6-12(13)16-11/h3-7,10,14H,2,8H2,1H3. The highest BCUT2D eigenvalue weighted by atomic mass is 79.9. The maximum Gasteiger partial charge on any atom is 0.169 e. The summed E-state index contributed by atoms with van der Waals surface area (Å²) in [5.41, 5.74) is 0. The van der Waals surface area contributed by atoms with Crippen molar-refractivity contribution >= 4 is 15.9 Å². The number of nitrogens with one attached hydrogen (secondary N) is 1. The van der Waals surface area contributed by atoms with Crippen molar-refractivity contribution in [2.45, 2.75) is 19.4 Å². The molecule has 2 heterocycles. The molecule has 2 rings (SSSR count). The molecule has 1 atom stereocenters. The lowest BCUT2D eigenvalue weighted by Gasteiger charge is -2.13. The fourth-order valence-corrected chi connectivity index (χ4v) is 1.98. The van der Waals surface area contributed by atoms with Gasteiger partial charge in [-0.2, -0.15) is 0 Å². The molecule has 0 aromatic carbocycles. The molecule has 4 heteroatoms. The van der Waals surface area contributed by atoms with Gasteiger partial charge < -0.3 is 14.2 Å². The van der Waals surface area contributed by atoms with Crippen molar-refractivity contribution in [2.75, 3.05) is 6.54 Å². The van der Waals surface area contributed by atoms with Gasteiger partial charge in [-0.3, -0.25) is 0 Å². The minimum Gasteiger partial charge on any atom is -0.469 e. The second kappa shape index (κ2) is 5.37. The summed E-state index contributed by atoms with van der Waals surface area (Å²) >= 11 is 3.31. The molecule has 0 bridgehead atoms. The zero-order valence-electron chi connectivity index (χ0n) is 9.07. The summed E-state index contributed by atoms with van der Waals surface area (Å²) in [7, 11) is 0. The minimum absolute atomic E-state index is 0.155. The quantitative estimate of drug-likeness (QED) is 0.912. The molecule has 16 heavy (non-hydrogen) atoms. The van der Waals surface area contributed by atoms with Gasteiger partial charge in [-0.25, -0.2) is 0 Å². The fourth-order valence-electron chi connectivity index (χ4n) is 1.67. The number of furan rings is 2. The third-order valence-corrected chi connectivity index (χ3v) is 2.80. The first-order valence-corrected chi connectivity index (χ1v) is 6.10. The Balaban J connectivity index is 2.11. The molecule has 1 unspecified atom stereocenters. The maximum atomic E-state index is 5.56. The highest BCUT2D eigenvalue weighted by Gasteiger charge is 2.16. The Kier molecular flexibility index (Phi) is 3.85. The Morgan fingerprint density at radius 2 is 2.25 bits per heavy atom. The summed E-state index contributed by atoms with van der Waals surface area (Å²) in [6.45, 7) is 2.97. The van der Waals surface area contributed by atoms with Crippen LogP contribution in [0.5, 0.6) is 0 Å². The summed E-state index contributed by atoms with van der Waals surface area (Å²) in [5.74, 6) is 1.88. The molecule has 0 amide bonds. The van der Waals surface area contributed by atoms with E-state index in [0.29, 0.717) is 0 Å². The second-order valence-corrected chi connectivity index (χ2v) is 4.32. The van der Waals surface area contributed by atoms with Crippen LogP contribution < -0.4 is 5.32 Å². The van der Waals surface area contributed by atoms with Gasteiger partial charge in [0.05, 0.1) is 12.3 Å². The van der Waals surface area contributed by atoms with E-state index in [0.717, 1.165) is 29.2 Å². The molecule has 0 aliphatic heterocycles. The van der Waals surface area contributed by atoms with Gasteiger partial charge in [0.15, 0.2) is 4.67 Å². The molecule has 2 aromatic heterocycles. The molecular weight excluding hydrogens is 270 g/mol. The lowest BCUT2D eigenvalue weighted by Crippen LogP contribution is -2.22. The van der Waals surface area contributed by atoms with Gasteiger partial charge in [0, 0.05) is 6.42 Å². The number of likely N-dealkylation sites (N-methyl/N-ethyl adjacent to an activating group) is 1. The van der Waals surface area contributed by atoms with Crippen LogP contribution in [0.4, 0.5) is 0 Å². The maximum absolute atomic E-state index is 5.56. The van der Waals surface area contributed by atoms with Gasteiger partial charge in [-0.05, 0) is 46.7 Å². The summed E-state index contributed by atoms with van der Waals surface area (Å²) in [6, 6.07) is 7.91. The van der Waals surface area contributed by atoms with Crippen molar-refractivity contribution in [3.8, 4) is 0 Å². The third kappa shape index (κ3) is 2.77. The van der Waals surface area contributed by atoms with Gasteiger partial charge in [-0.15, -0.1) is 0 Å². The molecule has 0 radical (unpaired) electrons. The summed E-state index contributed by atoms with van der Waals surface area (Å²) in [6.07, 6.45) is 2.48. The van der Waals surface area contributed by atoms with Crippen molar-refractivity contribution in [1.82, 2.24) is 5.32 Å². The molecular formula is C12H14BrNO2. The van der Waals surface area contributed by atoms with E-state index < -0.39 is 0 Å². The highest BCUT2D eigenvalue weighted by Crippen LogP contribution is 2.23. The van der Waals surface area contributed by atoms with Gasteiger partial charge in [0.25, 0.3) is 0 Å². The van der Waals surface area contributed by atoms with Crippen LogP contribution in [-0.2, 0) is 6.42 Å². The molecule has 3 nitrogen and oxygen atoms in total. The van der Waals surface area contributed by atoms with Gasteiger partial charge in [0.2, 0.25) is 0 Å². The number of hydrogen-bond donors (Lipinski definition) is 1. The van der Waals surface area contributed by atoms with Crippen LogP contribution in [-0.4, -0.2) is 6.54 Å². The predicted molar refractivity (Wildman–Crippen MR) is 65.2 cm³/mol. The molecule has 86 valence electrons. The van der Waals surface area contributed by atoms with Crippen LogP contribution in [0.15, 0.2) is 44.0 Å². The molecule has 0 saturated heterocycles. The van der Waals surface area contributed by atoms with E-state index in [9.17, 15) is 0 Å². The third-order valence-electron chi connectivity index (χ3n) is 2.37. The number of rotatable bonds is 5. The summed E-state index contributed by atoms with van der Waals surface area (Å²) in [5, 5.41) is 3.38. The van der Waals surface area contributed by atoms with E-state index >= 15 is 0 Å². The van der Waals surface area contributed by atoms with E-state index in [1.54, 1.807) is 6.26 Å². The van der Waals surface area contributed by atoms with E-state index in [1.807, 2.05) is 24.3 Å². The number of halogens is 1. The Labute approximate surface area is 103 Å². The lowest BCUT2D eigenvalue weighted by atomic mass is 10.1. The molecule has 0 saturated carbocycles. The molecule has 2 aromatic rings. The Morgan fingerprint density at radius 1 is 1.38 bits per heavy atom. The molecule has 0 fully saturated rings. The van der Waals surface area contributed by atoms with E-state index in [2.05, 4.69) is 28.2 Å². The van der Waals surface area contributed by atoms with Crippen LogP contribution in [0, 0.1) is 0 Å². The molecule has 0 aliphatic rings. The molecule has 1 N–H and O–H groups in total. The SMILES string of the molecule is CCNC(Cc1ccco1)c1ccc(Br)o1. The van der Waals surface area contributed by atoms with Crippen LogP contribution in [0.2, 0.25) is 0 Å². The summed E-state index contributed by atoms with van der Waals surface area (Å²) < 4.78 is 11.7. The van der Waals surface area contributed by atoms with Crippen molar-refractivity contribution in [3.63, 3.8) is 0 Å². The summed E-state index contributed by atoms with van der Waals surface area (Å²) in [4.78, 5) is 0. The van der Waals surface area contributed by atoms with E-state index in [4.69, 9.17) is 8.83 Å². The minimum atomic E-state index is 0.155. The van der Waals surface area contributed by atoms with E-state index in [-0.39, 0.29) is 6.04 Å². The largest absolute Gasteiger partial charge is 0.469 e. The Morgan fingerprint density at radius 3 is 2.81 bits per heavy atom. The first-order chi connectivity index (χ1) is 7.79. The van der Waals surface area contributed by atoms with Crippen molar-refractivity contribution in [2.24, 2.45) is 0 Å². The van der Waals surface area contributed by atoms with Gasteiger partial charge in [-0.1, -0.05) is 6.92 Å². The Hall–Kier alpha value is -1.000. The number of hydrogen-bond acceptors (Lipinski definition) is 3. The molecule has 0 aliphatic carbocycles. The van der Waals surface area contributed by atoms with E-state index in [1.165, 1.54) is 0 Å². The van der Waals surface area contributed by atoms with Crippen LogP contribution in [0.1, 0.15) is 24.5 Å². The second-order valence-electron chi connectivity index (χ2n) is 3.54. The van der Waals surface area contributed by atoms with Crippen molar-refractivity contribution in [1.29, 1.82) is 0 Å². The van der Waals surface area contributed by atoms with Gasteiger partial charge in [0.1, 0.15) is 11.5 Å². The van der Waals surface area contributed by atoms with Gasteiger partial charge >= 0.3 is 0 Å². The average Bonchev–Trinajstić information content (AvgIpc) is 2.88. The van der Waals surface area contributed by atoms with Crippen LogP contribution >= 0.6 is 15.9 Å². The normalized spacial score (nSPS) is 12.9. The zero-order valence-corrected chi connectivity index (χ0v) is 10.7. The van der Waals surface area contributed by atoms with Crippen molar-refractivity contribution in [3.05, 3.63) is 46.7 Å². The lowest BCUT2D eigenvalue weighted by molar-refractivity contribution is 0.382. The average molecular weight is 284 g/mol. The first kappa shape index (κ1) is 11.5. The predicted octanol–water partition coefficient (Wildman–Crippen LogP) is 3.53. The topological polar surface area (TPSA) is 38.3 Å². The highest BCUT2D eigenvalue weighted by molar-refractivity contribution is 9.10.